The van der Waals surface area contributed by atoms with Gasteiger partial charge in [0.2, 0.25) is 0 Å². The Hall–Kier alpha value is -2.91. The molecular weight excluding hydrogens is 344 g/mol. The summed E-state index contributed by atoms with van der Waals surface area (Å²) in [5.74, 6) is 0.364. The molecule has 0 aliphatic carbocycles. The number of carbonyl (C=O) groups excluding carboxylic acids is 1. The first-order valence-electron chi connectivity index (χ1n) is 9.90. The van der Waals surface area contributed by atoms with Crippen molar-refractivity contribution in [1.82, 2.24) is 5.32 Å². The Labute approximate surface area is 167 Å². The van der Waals surface area contributed by atoms with Gasteiger partial charge in [-0.05, 0) is 18.4 Å². The molecule has 3 N–H and O–H groups in total. The van der Waals surface area contributed by atoms with Gasteiger partial charge in [0.15, 0.2) is 6.54 Å². The fraction of sp³-hybridized carbons (Fsp3) is 0.240. The molecule has 0 heterocycles. The number of nitrogens with two attached hydrogens (primary N) is 1. The van der Waals surface area contributed by atoms with E-state index in [9.17, 15) is 4.79 Å². The molecule has 0 aliphatic heterocycles. The van der Waals surface area contributed by atoms with Crippen LogP contribution in [0, 0.1) is 6.92 Å². The van der Waals surface area contributed by atoms with E-state index in [1.807, 2.05) is 36.4 Å². The molecule has 3 aromatic rings. The van der Waals surface area contributed by atoms with E-state index in [0.29, 0.717) is 19.0 Å². The van der Waals surface area contributed by atoms with Crippen molar-refractivity contribution < 1.29 is 10.1 Å². The molecule has 0 spiro atoms. The third-order valence-electron chi connectivity index (χ3n) is 5.11. The molecule has 1 amide bonds. The second-order valence-corrected chi connectivity index (χ2v) is 7.35. The summed E-state index contributed by atoms with van der Waals surface area (Å²) in [6.45, 7) is 5.27. The van der Waals surface area contributed by atoms with Crippen LogP contribution in [0.3, 0.4) is 0 Å². The number of quaternary nitrogens is 1. The Morgan fingerprint density at radius 3 is 1.96 bits per heavy atom. The summed E-state index contributed by atoms with van der Waals surface area (Å²) < 4.78 is 0. The summed E-state index contributed by atoms with van der Waals surface area (Å²) in [4.78, 5) is 12.5. The predicted octanol–water partition coefficient (Wildman–Crippen LogP) is 3.57. The van der Waals surface area contributed by atoms with Crippen molar-refractivity contribution in [3.8, 4) is 0 Å². The standard InChI is InChI=1S/C25H28N2O/c1-19-13-15-23(16-14-19)25(22-11-7-4-8-12-22)27-18-24(28)26-17-20(2)21-9-5-3-6-10-21/h3-16,20,25,27H,17-18H2,1-2H3,(H,26,28)/p+1/t20-,25+/m0/s1. The van der Waals surface area contributed by atoms with E-state index in [1.54, 1.807) is 0 Å². The summed E-state index contributed by atoms with van der Waals surface area (Å²) >= 11 is 0. The van der Waals surface area contributed by atoms with Gasteiger partial charge in [-0.1, -0.05) is 97.4 Å². The fourth-order valence-electron chi connectivity index (χ4n) is 3.36. The monoisotopic (exact) mass is 373 g/mol. The lowest BCUT2D eigenvalue weighted by Crippen LogP contribution is -2.87. The van der Waals surface area contributed by atoms with Gasteiger partial charge in [-0.25, -0.2) is 0 Å². The van der Waals surface area contributed by atoms with Gasteiger partial charge in [0.05, 0.1) is 0 Å². The molecule has 0 saturated carbocycles. The number of hydrogen-bond acceptors (Lipinski definition) is 1. The quantitative estimate of drug-likeness (QED) is 0.623. The molecule has 0 aromatic heterocycles. The summed E-state index contributed by atoms with van der Waals surface area (Å²) in [6.07, 6.45) is 0. The molecule has 3 aromatic carbocycles. The van der Waals surface area contributed by atoms with Crippen LogP contribution in [0.25, 0.3) is 0 Å². The van der Waals surface area contributed by atoms with Crippen LogP contribution in [0.1, 0.15) is 41.1 Å². The number of amides is 1. The van der Waals surface area contributed by atoms with Crippen molar-refractivity contribution in [3.05, 3.63) is 107 Å². The third kappa shape index (κ3) is 5.54. The normalized spacial score (nSPS) is 12.9. The Bertz CT molecular complexity index is 860. The van der Waals surface area contributed by atoms with Gasteiger partial charge in [0.25, 0.3) is 5.91 Å². The first kappa shape index (κ1) is 19.8. The molecular formula is C25H29N2O+. The van der Waals surface area contributed by atoms with E-state index in [-0.39, 0.29) is 11.9 Å². The largest absolute Gasteiger partial charge is 0.351 e. The van der Waals surface area contributed by atoms with Crippen LogP contribution in [-0.4, -0.2) is 19.0 Å². The lowest BCUT2D eigenvalue weighted by molar-refractivity contribution is -0.676. The number of benzene rings is 3. The van der Waals surface area contributed by atoms with Crippen molar-refractivity contribution in [2.75, 3.05) is 13.1 Å². The zero-order valence-electron chi connectivity index (χ0n) is 16.6. The molecule has 0 fully saturated rings. The minimum absolute atomic E-state index is 0.0656. The summed E-state index contributed by atoms with van der Waals surface area (Å²) in [6, 6.07) is 29.3. The lowest BCUT2D eigenvalue weighted by atomic mass is 9.98. The van der Waals surface area contributed by atoms with Gasteiger partial charge in [0.1, 0.15) is 6.04 Å². The second kappa shape index (κ2) is 9.86. The molecule has 0 aliphatic rings. The minimum atomic E-state index is 0.0656. The fourth-order valence-corrected chi connectivity index (χ4v) is 3.36. The Morgan fingerprint density at radius 1 is 0.821 bits per heavy atom. The van der Waals surface area contributed by atoms with Gasteiger partial charge < -0.3 is 10.6 Å². The maximum absolute atomic E-state index is 12.5. The number of hydrogen-bond donors (Lipinski definition) is 2. The van der Waals surface area contributed by atoms with Crippen LogP contribution in [-0.2, 0) is 4.79 Å². The van der Waals surface area contributed by atoms with Crippen LogP contribution in [0.4, 0.5) is 0 Å². The average molecular weight is 374 g/mol. The van der Waals surface area contributed by atoms with Gasteiger partial charge >= 0.3 is 0 Å². The minimum Gasteiger partial charge on any atom is -0.351 e. The van der Waals surface area contributed by atoms with Gasteiger partial charge in [-0.3, -0.25) is 4.79 Å². The third-order valence-corrected chi connectivity index (χ3v) is 5.11. The number of nitrogens with one attached hydrogen (secondary N) is 1. The maximum atomic E-state index is 12.5. The molecule has 28 heavy (non-hydrogen) atoms. The van der Waals surface area contributed by atoms with E-state index in [4.69, 9.17) is 0 Å². The summed E-state index contributed by atoms with van der Waals surface area (Å²) in [7, 11) is 0. The topological polar surface area (TPSA) is 45.7 Å². The highest BCUT2D eigenvalue weighted by atomic mass is 16.1. The molecule has 3 rings (SSSR count). The second-order valence-electron chi connectivity index (χ2n) is 7.35. The van der Waals surface area contributed by atoms with Crippen molar-refractivity contribution >= 4 is 5.91 Å². The highest BCUT2D eigenvalue weighted by Crippen LogP contribution is 2.18. The predicted molar refractivity (Wildman–Crippen MR) is 114 cm³/mol. The molecule has 0 saturated heterocycles. The van der Waals surface area contributed by atoms with E-state index >= 15 is 0 Å². The molecule has 2 atom stereocenters. The molecule has 144 valence electrons. The molecule has 0 bridgehead atoms. The molecule has 3 heteroatoms. The Kier molecular flexibility index (Phi) is 6.99. The van der Waals surface area contributed by atoms with Gasteiger partial charge in [-0.15, -0.1) is 0 Å². The highest BCUT2D eigenvalue weighted by molar-refractivity contribution is 5.76. The molecule has 0 radical (unpaired) electrons. The summed E-state index contributed by atoms with van der Waals surface area (Å²) in [5.41, 5.74) is 4.90. The van der Waals surface area contributed by atoms with Crippen LogP contribution >= 0.6 is 0 Å². The Balaban J connectivity index is 1.60. The highest BCUT2D eigenvalue weighted by Gasteiger charge is 2.19. The smallest absolute Gasteiger partial charge is 0.275 e. The van der Waals surface area contributed by atoms with Crippen LogP contribution in [0.2, 0.25) is 0 Å². The van der Waals surface area contributed by atoms with E-state index in [0.717, 1.165) is 0 Å². The van der Waals surface area contributed by atoms with Crippen molar-refractivity contribution in [3.63, 3.8) is 0 Å². The number of rotatable bonds is 8. The van der Waals surface area contributed by atoms with E-state index < -0.39 is 0 Å². The van der Waals surface area contributed by atoms with E-state index in [1.165, 1.54) is 22.3 Å². The Morgan fingerprint density at radius 2 is 1.36 bits per heavy atom. The van der Waals surface area contributed by atoms with Gasteiger partial charge in [-0.2, -0.15) is 0 Å². The zero-order chi connectivity index (χ0) is 19.8. The zero-order valence-corrected chi connectivity index (χ0v) is 16.6. The molecule has 0 unspecified atom stereocenters. The van der Waals surface area contributed by atoms with E-state index in [2.05, 4.69) is 73.0 Å². The first-order valence-corrected chi connectivity index (χ1v) is 9.90. The van der Waals surface area contributed by atoms with Crippen LogP contribution < -0.4 is 10.6 Å². The SMILES string of the molecule is Cc1ccc([C@H]([NH2+]CC(=O)NC[C@H](C)c2ccccc2)c2ccccc2)cc1. The van der Waals surface area contributed by atoms with Crippen LogP contribution in [0.5, 0.6) is 0 Å². The van der Waals surface area contributed by atoms with Crippen molar-refractivity contribution in [2.45, 2.75) is 25.8 Å². The average Bonchev–Trinajstić information content (AvgIpc) is 2.75. The van der Waals surface area contributed by atoms with Crippen LogP contribution in [0.15, 0.2) is 84.9 Å². The maximum Gasteiger partial charge on any atom is 0.275 e. The number of carbonyl (C=O) groups is 1. The summed E-state index contributed by atoms with van der Waals surface area (Å²) in [5, 5.41) is 5.19. The van der Waals surface area contributed by atoms with Gasteiger partial charge in [0, 0.05) is 17.7 Å². The van der Waals surface area contributed by atoms with Crippen molar-refractivity contribution in [2.24, 2.45) is 0 Å². The molecule has 3 nitrogen and oxygen atoms in total. The first-order chi connectivity index (χ1) is 13.6. The van der Waals surface area contributed by atoms with Crippen molar-refractivity contribution in [1.29, 1.82) is 0 Å². The number of aryl methyl sites for hydroxylation is 1. The lowest BCUT2D eigenvalue weighted by Gasteiger charge is -2.17.